The Balaban J connectivity index is 1.38. The van der Waals surface area contributed by atoms with Crippen molar-refractivity contribution >= 4 is 5.82 Å². The Labute approximate surface area is 161 Å². The van der Waals surface area contributed by atoms with Crippen LogP contribution < -0.4 is 14.8 Å². The van der Waals surface area contributed by atoms with Gasteiger partial charge >= 0.3 is 0 Å². The van der Waals surface area contributed by atoms with Crippen molar-refractivity contribution in [3.8, 4) is 34.4 Å². The lowest BCUT2D eigenvalue weighted by atomic mass is 10.2. The second-order valence-corrected chi connectivity index (χ2v) is 6.22. The molecule has 2 aromatic carbocycles. The summed E-state index contributed by atoms with van der Waals surface area (Å²) < 4.78 is 16.6. The van der Waals surface area contributed by atoms with Crippen LogP contribution in [0.4, 0.5) is 5.82 Å². The minimum atomic E-state index is 0.261. The van der Waals surface area contributed by atoms with E-state index in [4.69, 9.17) is 13.9 Å². The summed E-state index contributed by atoms with van der Waals surface area (Å²) >= 11 is 0. The molecule has 2 aromatic heterocycles. The van der Waals surface area contributed by atoms with E-state index in [-0.39, 0.29) is 6.79 Å². The number of fused-ring (bicyclic) bond motifs is 1. The largest absolute Gasteiger partial charge is 0.454 e. The number of ether oxygens (including phenoxy) is 2. The van der Waals surface area contributed by atoms with E-state index in [9.17, 15) is 0 Å². The van der Waals surface area contributed by atoms with E-state index < -0.39 is 0 Å². The average molecular weight is 372 g/mol. The van der Waals surface area contributed by atoms with Crippen LogP contribution in [-0.4, -0.2) is 22.0 Å². The highest BCUT2D eigenvalue weighted by atomic mass is 16.7. The molecule has 0 spiro atoms. The minimum absolute atomic E-state index is 0.261. The molecule has 0 unspecified atom stereocenters. The molecule has 0 aliphatic carbocycles. The second kappa shape index (κ2) is 7.03. The Morgan fingerprint density at radius 2 is 1.71 bits per heavy atom. The summed E-state index contributed by atoms with van der Waals surface area (Å²) in [5.41, 5.74) is 2.68. The number of aromatic nitrogens is 3. The first-order chi connectivity index (χ1) is 13.9. The van der Waals surface area contributed by atoms with Crippen LogP contribution in [-0.2, 0) is 6.54 Å². The number of benzene rings is 2. The molecule has 0 bridgehead atoms. The Morgan fingerprint density at radius 1 is 0.857 bits per heavy atom. The van der Waals surface area contributed by atoms with Gasteiger partial charge in [-0.05, 0) is 42.0 Å². The molecule has 3 heterocycles. The second-order valence-electron chi connectivity index (χ2n) is 6.22. The SMILES string of the molecule is c1ccc(-c2nnc(-c3cccnc3NCc3ccc4c(c3)OCO4)o2)cc1. The molecule has 0 fully saturated rings. The van der Waals surface area contributed by atoms with Gasteiger partial charge < -0.3 is 19.2 Å². The third-order valence-corrected chi connectivity index (χ3v) is 4.38. The van der Waals surface area contributed by atoms with Gasteiger partial charge in [0.05, 0.1) is 5.56 Å². The van der Waals surface area contributed by atoms with Crippen molar-refractivity contribution in [1.82, 2.24) is 15.2 Å². The molecule has 138 valence electrons. The monoisotopic (exact) mass is 372 g/mol. The van der Waals surface area contributed by atoms with Crippen molar-refractivity contribution in [3.63, 3.8) is 0 Å². The highest BCUT2D eigenvalue weighted by molar-refractivity contribution is 5.69. The van der Waals surface area contributed by atoms with E-state index in [0.29, 0.717) is 24.1 Å². The number of anilines is 1. The molecule has 0 amide bonds. The predicted molar refractivity (Wildman–Crippen MR) is 103 cm³/mol. The fourth-order valence-electron chi connectivity index (χ4n) is 2.98. The maximum atomic E-state index is 5.87. The van der Waals surface area contributed by atoms with Crippen LogP contribution in [0.15, 0.2) is 71.3 Å². The van der Waals surface area contributed by atoms with E-state index in [0.717, 1.165) is 28.2 Å². The van der Waals surface area contributed by atoms with Crippen LogP contribution >= 0.6 is 0 Å². The van der Waals surface area contributed by atoms with E-state index >= 15 is 0 Å². The van der Waals surface area contributed by atoms with Crippen molar-refractivity contribution in [2.75, 3.05) is 12.1 Å². The molecule has 0 radical (unpaired) electrons. The number of hydrogen-bond acceptors (Lipinski definition) is 7. The Kier molecular flexibility index (Phi) is 4.10. The predicted octanol–water partition coefficient (Wildman–Crippen LogP) is 4.14. The van der Waals surface area contributed by atoms with Crippen LogP contribution in [0, 0.1) is 0 Å². The maximum absolute atomic E-state index is 5.87. The molecule has 7 nitrogen and oxygen atoms in total. The molecule has 0 saturated carbocycles. The summed E-state index contributed by atoms with van der Waals surface area (Å²) in [5, 5.41) is 11.7. The molecule has 1 N–H and O–H groups in total. The minimum Gasteiger partial charge on any atom is -0.454 e. The van der Waals surface area contributed by atoms with Crippen molar-refractivity contribution in [2.24, 2.45) is 0 Å². The van der Waals surface area contributed by atoms with E-state index in [2.05, 4.69) is 20.5 Å². The van der Waals surface area contributed by atoms with Gasteiger partial charge in [0, 0.05) is 18.3 Å². The fraction of sp³-hybridized carbons (Fsp3) is 0.0952. The van der Waals surface area contributed by atoms with Crippen LogP contribution in [0.2, 0.25) is 0 Å². The van der Waals surface area contributed by atoms with E-state index in [1.54, 1.807) is 6.20 Å². The molecule has 28 heavy (non-hydrogen) atoms. The normalized spacial score (nSPS) is 12.1. The third kappa shape index (κ3) is 3.14. The van der Waals surface area contributed by atoms with Crippen molar-refractivity contribution in [2.45, 2.75) is 6.54 Å². The Hall–Kier alpha value is -3.87. The zero-order valence-corrected chi connectivity index (χ0v) is 14.8. The van der Waals surface area contributed by atoms with Gasteiger partial charge in [-0.1, -0.05) is 24.3 Å². The van der Waals surface area contributed by atoms with Gasteiger partial charge in [-0.2, -0.15) is 0 Å². The smallest absolute Gasteiger partial charge is 0.251 e. The van der Waals surface area contributed by atoms with Gasteiger partial charge in [0.25, 0.3) is 5.89 Å². The summed E-state index contributed by atoms with van der Waals surface area (Å²) in [6.07, 6.45) is 1.72. The standard InChI is InChI=1S/C21H16N4O3/c1-2-5-15(6-3-1)20-24-25-21(28-20)16-7-4-10-22-19(16)23-12-14-8-9-17-18(11-14)27-13-26-17/h1-11H,12-13H2,(H,22,23). The number of nitrogens with zero attached hydrogens (tertiary/aromatic N) is 3. The molecule has 0 saturated heterocycles. The molecular weight excluding hydrogens is 356 g/mol. The first kappa shape index (κ1) is 16.3. The number of pyridine rings is 1. The maximum Gasteiger partial charge on any atom is 0.251 e. The van der Waals surface area contributed by atoms with Crippen molar-refractivity contribution in [1.29, 1.82) is 0 Å². The number of rotatable bonds is 5. The molecule has 7 heteroatoms. The van der Waals surface area contributed by atoms with Crippen LogP contribution in [0.1, 0.15) is 5.56 Å². The van der Waals surface area contributed by atoms with Gasteiger partial charge in [0.2, 0.25) is 12.7 Å². The first-order valence-corrected chi connectivity index (χ1v) is 8.83. The molecule has 1 aliphatic heterocycles. The quantitative estimate of drug-likeness (QED) is 0.564. The van der Waals surface area contributed by atoms with Crippen LogP contribution in [0.25, 0.3) is 22.9 Å². The van der Waals surface area contributed by atoms with Gasteiger partial charge in [0.1, 0.15) is 5.82 Å². The van der Waals surface area contributed by atoms with Crippen LogP contribution in [0.3, 0.4) is 0 Å². The molecule has 0 atom stereocenters. The van der Waals surface area contributed by atoms with Crippen molar-refractivity contribution < 1.29 is 13.9 Å². The average Bonchev–Trinajstić information content (AvgIpc) is 3.42. The first-order valence-electron chi connectivity index (χ1n) is 8.83. The molecular formula is C21H16N4O3. The number of hydrogen-bond donors (Lipinski definition) is 1. The zero-order valence-electron chi connectivity index (χ0n) is 14.8. The Bertz CT molecular complexity index is 1110. The lowest BCUT2D eigenvalue weighted by Gasteiger charge is -2.09. The highest BCUT2D eigenvalue weighted by Crippen LogP contribution is 2.33. The van der Waals surface area contributed by atoms with Gasteiger partial charge in [0.15, 0.2) is 11.5 Å². The Morgan fingerprint density at radius 3 is 2.64 bits per heavy atom. The zero-order chi connectivity index (χ0) is 18.8. The molecule has 5 rings (SSSR count). The number of nitrogens with one attached hydrogen (secondary N) is 1. The van der Waals surface area contributed by atoms with Crippen molar-refractivity contribution in [3.05, 3.63) is 72.4 Å². The van der Waals surface area contributed by atoms with Gasteiger partial charge in [-0.3, -0.25) is 0 Å². The highest BCUT2D eigenvalue weighted by Gasteiger charge is 2.16. The van der Waals surface area contributed by atoms with Gasteiger partial charge in [-0.15, -0.1) is 10.2 Å². The molecule has 1 aliphatic rings. The molecule has 4 aromatic rings. The van der Waals surface area contributed by atoms with Crippen LogP contribution in [0.5, 0.6) is 11.5 Å². The summed E-state index contributed by atoms with van der Waals surface area (Å²) in [6.45, 7) is 0.831. The summed E-state index contributed by atoms with van der Waals surface area (Å²) in [7, 11) is 0. The summed E-state index contributed by atoms with van der Waals surface area (Å²) in [4.78, 5) is 4.43. The lowest BCUT2D eigenvalue weighted by molar-refractivity contribution is 0.174. The lowest BCUT2D eigenvalue weighted by Crippen LogP contribution is -2.03. The topological polar surface area (TPSA) is 82.3 Å². The van der Waals surface area contributed by atoms with Gasteiger partial charge in [-0.25, -0.2) is 4.98 Å². The fourth-order valence-corrected chi connectivity index (χ4v) is 2.98. The van der Waals surface area contributed by atoms with E-state index in [1.807, 2.05) is 60.7 Å². The third-order valence-electron chi connectivity index (χ3n) is 4.38. The summed E-state index contributed by atoms with van der Waals surface area (Å²) in [6, 6.07) is 19.3. The van der Waals surface area contributed by atoms with E-state index in [1.165, 1.54) is 0 Å². The summed E-state index contributed by atoms with van der Waals surface area (Å²) in [5.74, 6) is 3.08.